The maximum Gasteiger partial charge on any atom is 0.326 e. The van der Waals surface area contributed by atoms with Gasteiger partial charge in [-0.1, -0.05) is 0 Å². The fraction of sp³-hybridized carbons (Fsp3) is 0.467. The third kappa shape index (κ3) is 4.19. The van der Waals surface area contributed by atoms with E-state index in [1.54, 1.807) is 6.92 Å². The molecule has 1 aliphatic heterocycles. The molecule has 1 aromatic carbocycles. The molecule has 0 aliphatic carbocycles. The number of rotatable bonds is 7. The van der Waals surface area contributed by atoms with E-state index in [4.69, 9.17) is 4.74 Å². The molecule has 1 amide bonds. The number of hydrogen-bond acceptors (Lipinski definition) is 5. The second-order valence-corrected chi connectivity index (χ2v) is 7.22. The SMILES string of the molecule is CCOC(=O)CCC(=O)NCCN1c2cc(F)ccc2N(C)S1(=O)=O. The Bertz CT molecular complexity index is 768. The number of esters is 1. The van der Waals surface area contributed by atoms with Gasteiger partial charge in [0, 0.05) is 26.1 Å². The molecule has 2 rings (SSSR count). The molecule has 1 aliphatic rings. The molecule has 0 saturated heterocycles. The molecule has 138 valence electrons. The number of anilines is 2. The van der Waals surface area contributed by atoms with Crippen molar-refractivity contribution in [1.29, 1.82) is 0 Å². The minimum absolute atomic E-state index is 0.0324. The fourth-order valence-corrected chi connectivity index (χ4v) is 3.84. The molecule has 25 heavy (non-hydrogen) atoms. The van der Waals surface area contributed by atoms with Crippen LogP contribution in [0.25, 0.3) is 0 Å². The van der Waals surface area contributed by atoms with Crippen LogP contribution in [-0.4, -0.2) is 47.0 Å². The Labute approximate surface area is 145 Å². The van der Waals surface area contributed by atoms with Crippen LogP contribution in [0.1, 0.15) is 19.8 Å². The van der Waals surface area contributed by atoms with Crippen molar-refractivity contribution in [2.75, 3.05) is 35.4 Å². The Morgan fingerprint density at radius 1 is 1.24 bits per heavy atom. The van der Waals surface area contributed by atoms with Crippen molar-refractivity contribution in [3.05, 3.63) is 24.0 Å². The summed E-state index contributed by atoms with van der Waals surface area (Å²) in [6.45, 7) is 1.90. The molecule has 0 aromatic heterocycles. The number of ether oxygens (including phenoxy) is 1. The second-order valence-electron chi connectivity index (χ2n) is 5.34. The number of hydrogen-bond donors (Lipinski definition) is 1. The Balaban J connectivity index is 1.94. The van der Waals surface area contributed by atoms with E-state index in [9.17, 15) is 22.4 Å². The number of carbonyl (C=O) groups excluding carboxylic acids is 2. The quantitative estimate of drug-likeness (QED) is 0.713. The summed E-state index contributed by atoms with van der Waals surface area (Å²) in [5.41, 5.74) is 0.596. The van der Waals surface area contributed by atoms with Crippen molar-refractivity contribution in [2.24, 2.45) is 0 Å². The number of fused-ring (bicyclic) bond motifs is 1. The Hall–Kier alpha value is -2.36. The van der Waals surface area contributed by atoms with Crippen molar-refractivity contribution in [3.8, 4) is 0 Å². The highest BCUT2D eigenvalue weighted by atomic mass is 32.2. The molecule has 0 spiro atoms. The van der Waals surface area contributed by atoms with E-state index in [2.05, 4.69) is 5.32 Å². The highest BCUT2D eigenvalue weighted by Gasteiger charge is 2.37. The number of halogens is 1. The molecule has 1 aromatic rings. The monoisotopic (exact) mass is 373 g/mol. The molecule has 0 bridgehead atoms. The highest BCUT2D eigenvalue weighted by Crippen LogP contribution is 2.39. The first-order valence-corrected chi connectivity index (χ1v) is 9.15. The Morgan fingerprint density at radius 2 is 1.96 bits per heavy atom. The Morgan fingerprint density at radius 3 is 2.64 bits per heavy atom. The predicted molar refractivity (Wildman–Crippen MR) is 89.9 cm³/mol. The average molecular weight is 373 g/mol. The third-order valence-corrected chi connectivity index (χ3v) is 5.49. The Kier molecular flexibility index (Phi) is 5.83. The molecule has 1 heterocycles. The van der Waals surface area contributed by atoms with Crippen LogP contribution in [0.3, 0.4) is 0 Å². The van der Waals surface area contributed by atoms with Crippen molar-refractivity contribution in [2.45, 2.75) is 19.8 Å². The van der Waals surface area contributed by atoms with Gasteiger partial charge in [-0.15, -0.1) is 0 Å². The molecule has 0 unspecified atom stereocenters. The lowest BCUT2D eigenvalue weighted by Crippen LogP contribution is -2.40. The van der Waals surface area contributed by atoms with Crippen LogP contribution >= 0.6 is 0 Å². The summed E-state index contributed by atoms with van der Waals surface area (Å²) in [5, 5.41) is 2.54. The lowest BCUT2D eigenvalue weighted by atomic mass is 10.2. The van der Waals surface area contributed by atoms with Gasteiger partial charge >= 0.3 is 16.2 Å². The van der Waals surface area contributed by atoms with Crippen LogP contribution in [0.2, 0.25) is 0 Å². The van der Waals surface area contributed by atoms with Gasteiger partial charge in [-0.05, 0) is 19.1 Å². The van der Waals surface area contributed by atoms with E-state index in [1.165, 1.54) is 19.2 Å². The highest BCUT2D eigenvalue weighted by molar-refractivity contribution is 7.94. The molecule has 0 radical (unpaired) electrons. The van der Waals surface area contributed by atoms with E-state index in [0.29, 0.717) is 5.69 Å². The van der Waals surface area contributed by atoms with Crippen molar-refractivity contribution >= 4 is 33.5 Å². The van der Waals surface area contributed by atoms with Gasteiger partial charge in [0.1, 0.15) is 5.82 Å². The normalized spacial score (nSPS) is 15.0. The molecule has 1 N–H and O–H groups in total. The number of nitrogens with zero attached hydrogens (tertiary/aromatic N) is 2. The minimum Gasteiger partial charge on any atom is -0.466 e. The maximum absolute atomic E-state index is 13.4. The zero-order valence-electron chi connectivity index (χ0n) is 14.0. The summed E-state index contributed by atoms with van der Waals surface area (Å²) < 4.78 is 45.0. The molecule has 0 fully saturated rings. The van der Waals surface area contributed by atoms with Gasteiger partial charge in [-0.25, -0.2) is 8.70 Å². The number of amides is 1. The summed E-state index contributed by atoms with van der Waals surface area (Å²) in [7, 11) is -2.42. The summed E-state index contributed by atoms with van der Waals surface area (Å²) in [4.78, 5) is 22.9. The van der Waals surface area contributed by atoms with Gasteiger partial charge in [-0.3, -0.25) is 13.9 Å². The molecule has 8 nitrogen and oxygen atoms in total. The maximum atomic E-state index is 13.4. The third-order valence-electron chi connectivity index (χ3n) is 3.67. The van der Waals surface area contributed by atoms with Gasteiger partial charge < -0.3 is 10.1 Å². The summed E-state index contributed by atoms with van der Waals surface area (Å²) in [5.74, 6) is -1.41. The van der Waals surface area contributed by atoms with Crippen LogP contribution in [0.4, 0.5) is 15.8 Å². The number of carbonyl (C=O) groups is 2. The van der Waals surface area contributed by atoms with Crippen LogP contribution in [0, 0.1) is 5.82 Å². The van der Waals surface area contributed by atoms with E-state index in [0.717, 1.165) is 14.7 Å². The lowest BCUT2D eigenvalue weighted by Gasteiger charge is -2.19. The van der Waals surface area contributed by atoms with Gasteiger partial charge in [0.25, 0.3) is 0 Å². The van der Waals surface area contributed by atoms with E-state index in [-0.39, 0.29) is 38.2 Å². The van der Waals surface area contributed by atoms with Crippen LogP contribution in [-0.2, 0) is 24.5 Å². The van der Waals surface area contributed by atoms with Gasteiger partial charge in [0.2, 0.25) is 5.91 Å². The van der Waals surface area contributed by atoms with E-state index in [1.807, 2.05) is 0 Å². The summed E-state index contributed by atoms with van der Waals surface area (Å²) in [6.07, 6.45) is -0.0881. The fourth-order valence-electron chi connectivity index (χ4n) is 2.43. The van der Waals surface area contributed by atoms with Crippen LogP contribution in [0.5, 0.6) is 0 Å². The van der Waals surface area contributed by atoms with Gasteiger partial charge in [-0.2, -0.15) is 8.42 Å². The number of nitrogens with one attached hydrogen (secondary N) is 1. The zero-order chi connectivity index (χ0) is 18.6. The topological polar surface area (TPSA) is 96.0 Å². The molecular formula is C15H20FN3O5S. The zero-order valence-corrected chi connectivity index (χ0v) is 14.8. The van der Waals surface area contributed by atoms with Crippen molar-refractivity contribution < 1.29 is 27.1 Å². The van der Waals surface area contributed by atoms with Crippen LogP contribution < -0.4 is 13.9 Å². The standard InChI is InChI=1S/C15H20FN3O5S/c1-3-24-15(21)7-6-14(20)17-8-9-19-13-10-11(16)4-5-12(13)18(2)25(19,22)23/h4-5,10H,3,6-9H2,1-2H3,(H,17,20). The molecule has 0 saturated carbocycles. The minimum atomic E-state index is -3.80. The van der Waals surface area contributed by atoms with Gasteiger partial charge in [0.05, 0.1) is 30.9 Å². The number of benzene rings is 1. The smallest absolute Gasteiger partial charge is 0.326 e. The second kappa shape index (κ2) is 7.68. The first-order valence-electron chi connectivity index (χ1n) is 7.75. The molecule has 0 atom stereocenters. The summed E-state index contributed by atoms with van der Waals surface area (Å²) in [6, 6.07) is 3.71. The predicted octanol–water partition coefficient (Wildman–Crippen LogP) is 0.786. The average Bonchev–Trinajstić information content (AvgIpc) is 2.73. The molecule has 10 heteroatoms. The van der Waals surface area contributed by atoms with Crippen molar-refractivity contribution in [1.82, 2.24) is 5.32 Å². The molecular weight excluding hydrogens is 353 g/mol. The first-order chi connectivity index (χ1) is 11.8. The van der Waals surface area contributed by atoms with E-state index >= 15 is 0 Å². The lowest BCUT2D eigenvalue weighted by molar-refractivity contribution is -0.144. The summed E-state index contributed by atoms with van der Waals surface area (Å²) >= 11 is 0. The van der Waals surface area contributed by atoms with Crippen LogP contribution in [0.15, 0.2) is 18.2 Å². The first kappa shape index (κ1) is 19.0. The van der Waals surface area contributed by atoms with Gasteiger partial charge in [0.15, 0.2) is 0 Å². The van der Waals surface area contributed by atoms with Crippen molar-refractivity contribution in [3.63, 3.8) is 0 Å². The largest absolute Gasteiger partial charge is 0.466 e. The van der Waals surface area contributed by atoms with E-state index < -0.39 is 27.9 Å².